The van der Waals surface area contributed by atoms with Crippen LogP contribution < -0.4 is 10.1 Å². The van der Waals surface area contributed by atoms with Crippen molar-refractivity contribution in [3.8, 4) is 5.75 Å². The molecule has 0 aromatic heterocycles. The van der Waals surface area contributed by atoms with E-state index >= 15 is 0 Å². The summed E-state index contributed by atoms with van der Waals surface area (Å²) in [6, 6.07) is 15.4. The number of rotatable bonds is 8. The molecule has 24 heavy (non-hydrogen) atoms. The highest BCUT2D eigenvalue weighted by Crippen LogP contribution is 2.19. The van der Waals surface area contributed by atoms with Crippen LogP contribution in [0.2, 0.25) is 5.02 Å². The van der Waals surface area contributed by atoms with Crippen LogP contribution in [0.3, 0.4) is 0 Å². The Bertz CT molecular complexity index is 643. The van der Waals surface area contributed by atoms with Crippen molar-refractivity contribution in [2.75, 3.05) is 12.3 Å². The number of hydrogen-bond donors (Lipinski definition) is 1. The lowest BCUT2D eigenvalue weighted by Gasteiger charge is -2.17. The summed E-state index contributed by atoms with van der Waals surface area (Å²) in [5.74, 6) is 1.45. The molecule has 2 rings (SSSR count). The van der Waals surface area contributed by atoms with Crippen molar-refractivity contribution in [2.45, 2.75) is 31.3 Å². The lowest BCUT2D eigenvalue weighted by Crippen LogP contribution is -2.39. The number of hydrogen-bond acceptors (Lipinski definition) is 3. The number of thioether (sulfide) groups is 1. The van der Waals surface area contributed by atoms with E-state index in [4.69, 9.17) is 16.3 Å². The largest absolute Gasteiger partial charge is 0.481 e. The Hall–Kier alpha value is -1.65. The number of benzene rings is 2. The first-order chi connectivity index (χ1) is 11.6. The zero-order valence-electron chi connectivity index (χ0n) is 13.9. The molecule has 0 spiro atoms. The molecule has 2 aromatic carbocycles. The number of ether oxygens (including phenoxy) is 1. The van der Waals surface area contributed by atoms with E-state index in [0.29, 0.717) is 13.0 Å². The molecule has 0 saturated heterocycles. The molecule has 3 nitrogen and oxygen atoms in total. The van der Waals surface area contributed by atoms with Gasteiger partial charge in [0.05, 0.1) is 0 Å². The third-order valence-electron chi connectivity index (χ3n) is 3.45. The lowest BCUT2D eigenvalue weighted by molar-refractivity contribution is -0.127. The van der Waals surface area contributed by atoms with E-state index in [1.54, 1.807) is 11.8 Å². The highest BCUT2D eigenvalue weighted by Gasteiger charge is 2.17. The molecule has 1 atom stereocenters. The summed E-state index contributed by atoms with van der Waals surface area (Å²) in [4.78, 5) is 13.4. The van der Waals surface area contributed by atoms with Crippen LogP contribution in [0.5, 0.6) is 5.75 Å². The Kier molecular flexibility index (Phi) is 7.47. The van der Waals surface area contributed by atoms with Crippen molar-refractivity contribution >= 4 is 29.3 Å². The van der Waals surface area contributed by atoms with Gasteiger partial charge in [-0.2, -0.15) is 0 Å². The van der Waals surface area contributed by atoms with Gasteiger partial charge in [0.2, 0.25) is 0 Å². The van der Waals surface area contributed by atoms with Crippen molar-refractivity contribution in [3.05, 3.63) is 59.1 Å². The molecule has 5 heteroatoms. The van der Waals surface area contributed by atoms with Crippen molar-refractivity contribution in [3.63, 3.8) is 0 Å². The molecule has 0 aliphatic rings. The van der Waals surface area contributed by atoms with E-state index in [-0.39, 0.29) is 5.91 Å². The lowest BCUT2D eigenvalue weighted by atomic mass is 10.2. The quantitative estimate of drug-likeness (QED) is 0.545. The van der Waals surface area contributed by atoms with Gasteiger partial charge in [0, 0.05) is 22.2 Å². The average molecular weight is 364 g/mol. The summed E-state index contributed by atoms with van der Waals surface area (Å²) in [6.07, 6.45) is 0.164. The number of amides is 1. The van der Waals surface area contributed by atoms with E-state index in [9.17, 15) is 4.79 Å². The molecular formula is C19H22ClNO2S. The van der Waals surface area contributed by atoms with E-state index in [1.165, 1.54) is 5.56 Å². The van der Waals surface area contributed by atoms with Crippen LogP contribution in [0.4, 0.5) is 0 Å². The molecule has 2 aromatic rings. The SMILES string of the molecule is CC[C@H](Oc1ccc(C)cc1)C(=O)NCCSc1ccc(Cl)cc1. The van der Waals surface area contributed by atoms with Crippen LogP contribution in [-0.4, -0.2) is 24.3 Å². The summed E-state index contributed by atoms with van der Waals surface area (Å²) in [7, 11) is 0. The molecule has 0 aliphatic carbocycles. The number of aryl methyl sites for hydroxylation is 1. The Morgan fingerprint density at radius 1 is 1.17 bits per heavy atom. The van der Waals surface area contributed by atoms with Gasteiger partial charge in [-0.05, 0) is 49.7 Å². The van der Waals surface area contributed by atoms with E-state index in [2.05, 4.69) is 5.32 Å². The minimum absolute atomic E-state index is 0.0743. The molecule has 1 amide bonds. The van der Waals surface area contributed by atoms with Crippen LogP contribution in [0, 0.1) is 6.92 Å². The molecule has 0 aliphatic heterocycles. The van der Waals surface area contributed by atoms with Crippen LogP contribution in [-0.2, 0) is 4.79 Å². The van der Waals surface area contributed by atoms with Gasteiger partial charge in [0.1, 0.15) is 5.75 Å². The maximum Gasteiger partial charge on any atom is 0.261 e. The van der Waals surface area contributed by atoms with Crippen LogP contribution >= 0.6 is 23.4 Å². The summed E-state index contributed by atoms with van der Waals surface area (Å²) < 4.78 is 5.78. The van der Waals surface area contributed by atoms with Gasteiger partial charge < -0.3 is 10.1 Å². The van der Waals surface area contributed by atoms with Gasteiger partial charge in [-0.3, -0.25) is 4.79 Å². The maximum absolute atomic E-state index is 12.2. The molecule has 0 bridgehead atoms. The van der Waals surface area contributed by atoms with Gasteiger partial charge in [-0.25, -0.2) is 0 Å². The standard InChI is InChI=1S/C19H22ClNO2S/c1-3-18(23-16-8-4-14(2)5-9-16)19(22)21-12-13-24-17-10-6-15(20)7-11-17/h4-11,18H,3,12-13H2,1-2H3,(H,21,22)/t18-/m0/s1. The second kappa shape index (κ2) is 9.60. The molecule has 0 heterocycles. The van der Waals surface area contributed by atoms with E-state index in [0.717, 1.165) is 21.4 Å². The first-order valence-electron chi connectivity index (χ1n) is 7.98. The molecule has 0 fully saturated rings. The molecule has 128 valence electrons. The fourth-order valence-electron chi connectivity index (χ4n) is 2.09. The normalized spacial score (nSPS) is 11.8. The van der Waals surface area contributed by atoms with Gasteiger partial charge >= 0.3 is 0 Å². The van der Waals surface area contributed by atoms with Crippen LogP contribution in [0.25, 0.3) is 0 Å². The Labute approximate surface area is 152 Å². The predicted octanol–water partition coefficient (Wildman–Crippen LogP) is 4.71. The van der Waals surface area contributed by atoms with Crippen molar-refractivity contribution in [1.29, 1.82) is 0 Å². The van der Waals surface area contributed by atoms with Crippen LogP contribution in [0.15, 0.2) is 53.4 Å². The topological polar surface area (TPSA) is 38.3 Å². The number of carbonyl (C=O) groups excluding carboxylic acids is 1. The summed E-state index contributed by atoms with van der Waals surface area (Å²) >= 11 is 7.54. The fourth-order valence-corrected chi connectivity index (χ4v) is 2.99. The first kappa shape index (κ1) is 18.7. The Morgan fingerprint density at radius 3 is 2.46 bits per heavy atom. The third kappa shape index (κ3) is 6.10. The zero-order valence-corrected chi connectivity index (χ0v) is 15.5. The second-order valence-electron chi connectivity index (χ2n) is 5.42. The number of carbonyl (C=O) groups is 1. The molecular weight excluding hydrogens is 342 g/mol. The third-order valence-corrected chi connectivity index (χ3v) is 4.71. The molecule has 1 N–H and O–H groups in total. The molecule has 0 saturated carbocycles. The van der Waals surface area contributed by atoms with Crippen LogP contribution in [0.1, 0.15) is 18.9 Å². The Morgan fingerprint density at radius 2 is 1.83 bits per heavy atom. The fraction of sp³-hybridized carbons (Fsp3) is 0.316. The average Bonchev–Trinajstić information content (AvgIpc) is 2.59. The molecule has 0 radical (unpaired) electrons. The van der Waals surface area contributed by atoms with Crippen molar-refractivity contribution < 1.29 is 9.53 Å². The minimum atomic E-state index is -0.465. The zero-order chi connectivity index (χ0) is 17.4. The maximum atomic E-state index is 12.2. The van der Waals surface area contributed by atoms with Gasteiger partial charge in [0.15, 0.2) is 6.10 Å². The summed E-state index contributed by atoms with van der Waals surface area (Å²) in [6.45, 7) is 4.56. The van der Waals surface area contributed by atoms with Gasteiger partial charge in [-0.1, -0.05) is 36.2 Å². The Balaban J connectivity index is 1.75. The van der Waals surface area contributed by atoms with E-state index < -0.39 is 6.10 Å². The monoisotopic (exact) mass is 363 g/mol. The smallest absolute Gasteiger partial charge is 0.261 e. The second-order valence-corrected chi connectivity index (χ2v) is 7.03. The molecule has 0 unspecified atom stereocenters. The van der Waals surface area contributed by atoms with Crippen molar-refractivity contribution in [1.82, 2.24) is 5.32 Å². The summed E-state index contributed by atoms with van der Waals surface area (Å²) in [5.41, 5.74) is 1.17. The van der Waals surface area contributed by atoms with E-state index in [1.807, 2.05) is 62.4 Å². The first-order valence-corrected chi connectivity index (χ1v) is 9.34. The van der Waals surface area contributed by atoms with Gasteiger partial charge in [-0.15, -0.1) is 11.8 Å². The minimum Gasteiger partial charge on any atom is -0.481 e. The van der Waals surface area contributed by atoms with Gasteiger partial charge in [0.25, 0.3) is 5.91 Å². The number of halogens is 1. The highest BCUT2D eigenvalue weighted by atomic mass is 35.5. The summed E-state index contributed by atoms with van der Waals surface area (Å²) in [5, 5.41) is 3.66. The number of nitrogens with one attached hydrogen (secondary N) is 1. The van der Waals surface area contributed by atoms with Crippen molar-refractivity contribution in [2.24, 2.45) is 0 Å². The highest BCUT2D eigenvalue weighted by molar-refractivity contribution is 7.99. The predicted molar refractivity (Wildman–Crippen MR) is 101 cm³/mol.